The molecule has 0 saturated heterocycles. The van der Waals surface area contributed by atoms with Crippen molar-refractivity contribution in [3.05, 3.63) is 0 Å². The Labute approximate surface area is 78.6 Å². The quantitative estimate of drug-likeness (QED) is 0.721. The number of rotatable bonds is 6. The van der Waals surface area contributed by atoms with Gasteiger partial charge in [0.25, 0.3) is 0 Å². The van der Waals surface area contributed by atoms with E-state index in [0.29, 0.717) is 0 Å². The van der Waals surface area contributed by atoms with E-state index in [-0.39, 0.29) is 6.61 Å². The number of hydrogen-bond donors (Lipinski definition) is 1. The lowest BCUT2D eigenvalue weighted by Crippen LogP contribution is -2.31. The third kappa shape index (κ3) is 6.67. The van der Waals surface area contributed by atoms with Crippen LogP contribution in [0.5, 0.6) is 0 Å². The second-order valence-electron chi connectivity index (χ2n) is 2.41. The zero-order valence-corrected chi connectivity index (χ0v) is 7.50. The first-order chi connectivity index (χ1) is 6.37. The SMILES string of the molecule is CCOC(COCC(F)(F)F)C(=O)O. The van der Waals surface area contributed by atoms with Crippen molar-refractivity contribution in [2.75, 3.05) is 19.8 Å². The van der Waals surface area contributed by atoms with Crippen LogP contribution in [-0.4, -0.2) is 43.2 Å². The normalized spacial score (nSPS) is 14.0. The molecular weight excluding hydrogens is 205 g/mol. The Bertz CT molecular complexity index is 180. The summed E-state index contributed by atoms with van der Waals surface area (Å²) < 4.78 is 43.5. The maximum absolute atomic E-state index is 11.6. The molecule has 4 nitrogen and oxygen atoms in total. The Kier molecular flexibility index (Phi) is 5.47. The van der Waals surface area contributed by atoms with E-state index in [9.17, 15) is 18.0 Å². The first-order valence-electron chi connectivity index (χ1n) is 3.85. The molecule has 0 saturated carbocycles. The summed E-state index contributed by atoms with van der Waals surface area (Å²) in [5.74, 6) is -1.34. The van der Waals surface area contributed by atoms with Gasteiger partial charge in [-0.2, -0.15) is 13.2 Å². The molecule has 0 aromatic carbocycles. The van der Waals surface area contributed by atoms with Crippen LogP contribution in [0, 0.1) is 0 Å². The van der Waals surface area contributed by atoms with E-state index >= 15 is 0 Å². The van der Waals surface area contributed by atoms with E-state index in [1.54, 1.807) is 6.92 Å². The van der Waals surface area contributed by atoms with E-state index in [0.717, 1.165) is 0 Å². The van der Waals surface area contributed by atoms with Crippen LogP contribution >= 0.6 is 0 Å². The summed E-state index contributed by atoms with van der Waals surface area (Å²) in [4.78, 5) is 10.4. The number of aliphatic carboxylic acids is 1. The van der Waals surface area contributed by atoms with Crippen molar-refractivity contribution in [3.63, 3.8) is 0 Å². The molecule has 0 aliphatic heterocycles. The minimum absolute atomic E-state index is 0.104. The predicted molar refractivity (Wildman–Crippen MR) is 39.9 cm³/mol. The second-order valence-corrected chi connectivity index (χ2v) is 2.41. The molecule has 0 bridgehead atoms. The van der Waals surface area contributed by atoms with E-state index in [4.69, 9.17) is 5.11 Å². The third-order valence-corrected chi connectivity index (χ3v) is 1.18. The highest BCUT2D eigenvalue weighted by Gasteiger charge is 2.29. The molecule has 0 aromatic heterocycles. The topological polar surface area (TPSA) is 55.8 Å². The molecule has 0 rings (SSSR count). The molecule has 84 valence electrons. The zero-order chi connectivity index (χ0) is 11.2. The van der Waals surface area contributed by atoms with Crippen molar-refractivity contribution in [1.29, 1.82) is 0 Å². The molecular formula is C7H11F3O4. The fourth-order valence-corrected chi connectivity index (χ4v) is 0.674. The Morgan fingerprint density at radius 1 is 1.50 bits per heavy atom. The molecule has 7 heteroatoms. The van der Waals surface area contributed by atoms with Gasteiger partial charge in [0, 0.05) is 6.61 Å². The van der Waals surface area contributed by atoms with Crippen LogP contribution in [-0.2, 0) is 14.3 Å². The van der Waals surface area contributed by atoms with E-state index in [1.165, 1.54) is 0 Å². The van der Waals surface area contributed by atoms with Gasteiger partial charge in [-0.15, -0.1) is 0 Å². The van der Waals surface area contributed by atoms with Crippen molar-refractivity contribution in [2.45, 2.75) is 19.2 Å². The van der Waals surface area contributed by atoms with Crippen LogP contribution in [0.2, 0.25) is 0 Å². The molecule has 0 spiro atoms. The van der Waals surface area contributed by atoms with Gasteiger partial charge in [-0.25, -0.2) is 4.79 Å². The van der Waals surface area contributed by atoms with Gasteiger partial charge in [0.1, 0.15) is 6.61 Å². The number of carbonyl (C=O) groups is 1. The van der Waals surface area contributed by atoms with Gasteiger partial charge >= 0.3 is 12.1 Å². The van der Waals surface area contributed by atoms with E-state index in [1.807, 2.05) is 0 Å². The molecule has 0 heterocycles. The second kappa shape index (κ2) is 5.82. The molecule has 1 unspecified atom stereocenters. The summed E-state index contributed by atoms with van der Waals surface area (Å²) in [5, 5.41) is 8.45. The molecule has 0 fully saturated rings. The van der Waals surface area contributed by atoms with Crippen LogP contribution in [0.1, 0.15) is 6.92 Å². The largest absolute Gasteiger partial charge is 0.479 e. The number of carboxylic acid groups (broad SMARTS) is 1. The fourth-order valence-electron chi connectivity index (χ4n) is 0.674. The summed E-state index contributed by atoms with van der Waals surface area (Å²) in [6.45, 7) is -0.432. The van der Waals surface area contributed by atoms with Crippen LogP contribution in [0.3, 0.4) is 0 Å². The average Bonchev–Trinajstić information content (AvgIpc) is 2.00. The lowest BCUT2D eigenvalue weighted by Gasteiger charge is -2.13. The summed E-state index contributed by atoms with van der Waals surface area (Å²) in [5.41, 5.74) is 0. The number of halogens is 3. The molecule has 0 aliphatic rings. The number of carboxylic acids is 1. The minimum atomic E-state index is -4.45. The summed E-state index contributed by atoms with van der Waals surface area (Å²) in [7, 11) is 0. The molecule has 1 N–H and O–H groups in total. The maximum atomic E-state index is 11.6. The summed E-state index contributed by atoms with van der Waals surface area (Å²) in [6.07, 6.45) is -5.79. The van der Waals surface area contributed by atoms with Crippen LogP contribution in [0.25, 0.3) is 0 Å². The van der Waals surface area contributed by atoms with Gasteiger partial charge in [-0.3, -0.25) is 0 Å². The van der Waals surface area contributed by atoms with Gasteiger partial charge in [-0.1, -0.05) is 0 Å². The van der Waals surface area contributed by atoms with E-state index < -0.39 is 31.5 Å². The van der Waals surface area contributed by atoms with Crippen LogP contribution in [0.15, 0.2) is 0 Å². The molecule has 14 heavy (non-hydrogen) atoms. The molecule has 0 aromatic rings. The average molecular weight is 216 g/mol. The first-order valence-corrected chi connectivity index (χ1v) is 3.85. The highest BCUT2D eigenvalue weighted by atomic mass is 19.4. The number of ether oxygens (including phenoxy) is 2. The summed E-state index contributed by atoms with van der Waals surface area (Å²) in [6, 6.07) is 0. The van der Waals surface area contributed by atoms with Crippen molar-refractivity contribution in [1.82, 2.24) is 0 Å². The van der Waals surface area contributed by atoms with Gasteiger partial charge in [0.05, 0.1) is 6.61 Å². The van der Waals surface area contributed by atoms with Crippen LogP contribution < -0.4 is 0 Å². The predicted octanol–water partition coefficient (Wildman–Crippen LogP) is 1.05. The van der Waals surface area contributed by atoms with Crippen molar-refractivity contribution < 1.29 is 32.5 Å². The minimum Gasteiger partial charge on any atom is -0.479 e. The highest BCUT2D eigenvalue weighted by molar-refractivity contribution is 5.72. The number of alkyl halides is 3. The Hall–Kier alpha value is -0.820. The standard InChI is InChI=1S/C7H11F3O4/c1-2-14-5(6(11)12)3-13-4-7(8,9)10/h5H,2-4H2,1H3,(H,11,12). The molecule has 0 radical (unpaired) electrons. The first kappa shape index (κ1) is 13.2. The van der Waals surface area contributed by atoms with Crippen LogP contribution in [0.4, 0.5) is 13.2 Å². The van der Waals surface area contributed by atoms with E-state index in [2.05, 4.69) is 9.47 Å². The monoisotopic (exact) mass is 216 g/mol. The maximum Gasteiger partial charge on any atom is 0.411 e. The molecule has 0 amide bonds. The van der Waals surface area contributed by atoms with Crippen molar-refractivity contribution in [3.8, 4) is 0 Å². The van der Waals surface area contributed by atoms with Gasteiger partial charge in [0.2, 0.25) is 0 Å². The fraction of sp³-hybridized carbons (Fsp3) is 0.857. The zero-order valence-electron chi connectivity index (χ0n) is 7.50. The van der Waals surface area contributed by atoms with Gasteiger partial charge in [0.15, 0.2) is 6.10 Å². The lowest BCUT2D eigenvalue weighted by molar-refractivity contribution is -0.186. The van der Waals surface area contributed by atoms with Gasteiger partial charge in [-0.05, 0) is 6.92 Å². The van der Waals surface area contributed by atoms with Crippen molar-refractivity contribution >= 4 is 5.97 Å². The lowest BCUT2D eigenvalue weighted by atomic mass is 10.4. The highest BCUT2D eigenvalue weighted by Crippen LogP contribution is 2.14. The Morgan fingerprint density at radius 2 is 2.07 bits per heavy atom. The smallest absolute Gasteiger partial charge is 0.411 e. The Balaban J connectivity index is 3.77. The third-order valence-electron chi connectivity index (χ3n) is 1.18. The number of hydrogen-bond acceptors (Lipinski definition) is 3. The van der Waals surface area contributed by atoms with Gasteiger partial charge < -0.3 is 14.6 Å². The molecule has 1 atom stereocenters. The summed E-state index contributed by atoms with van der Waals surface area (Å²) >= 11 is 0. The van der Waals surface area contributed by atoms with Crippen molar-refractivity contribution in [2.24, 2.45) is 0 Å². The Morgan fingerprint density at radius 3 is 2.43 bits per heavy atom. The molecule has 0 aliphatic carbocycles.